The molecule has 0 radical (unpaired) electrons. The van der Waals surface area contributed by atoms with Gasteiger partial charge in [-0.1, -0.05) is 12.1 Å². The molecule has 0 fully saturated rings. The molecule has 27 heavy (non-hydrogen) atoms. The van der Waals surface area contributed by atoms with E-state index in [2.05, 4.69) is 10.3 Å². The molecule has 5 nitrogen and oxygen atoms in total. The van der Waals surface area contributed by atoms with Gasteiger partial charge in [0.1, 0.15) is 11.5 Å². The predicted octanol–water partition coefficient (Wildman–Crippen LogP) is 3.81. The molecule has 0 aliphatic rings. The number of hydrogen-bond acceptors (Lipinski definition) is 4. The maximum absolute atomic E-state index is 14.2. The van der Waals surface area contributed by atoms with Crippen molar-refractivity contribution in [3.05, 3.63) is 70.7 Å². The van der Waals surface area contributed by atoms with Crippen molar-refractivity contribution < 1.29 is 13.9 Å². The minimum Gasteiger partial charge on any atom is -0.380 e. The number of imidazole rings is 1. The van der Waals surface area contributed by atoms with Crippen molar-refractivity contribution in [1.29, 1.82) is 0 Å². The van der Waals surface area contributed by atoms with Gasteiger partial charge >= 0.3 is 0 Å². The van der Waals surface area contributed by atoms with E-state index in [4.69, 9.17) is 4.74 Å². The lowest BCUT2D eigenvalue weighted by Crippen LogP contribution is -2.25. The van der Waals surface area contributed by atoms with Gasteiger partial charge in [0, 0.05) is 48.1 Å². The highest BCUT2D eigenvalue weighted by Gasteiger charge is 2.20. The Morgan fingerprint density at radius 2 is 2.19 bits per heavy atom. The van der Waals surface area contributed by atoms with Crippen molar-refractivity contribution in [3.63, 3.8) is 0 Å². The summed E-state index contributed by atoms with van der Waals surface area (Å²) in [5, 5.41) is 3.38. The molecule has 1 N–H and O–H groups in total. The van der Waals surface area contributed by atoms with Gasteiger partial charge in [0.25, 0.3) is 5.91 Å². The first-order chi connectivity index (χ1) is 13.2. The fraction of sp³-hybridized carbons (Fsp3) is 0.200. The summed E-state index contributed by atoms with van der Waals surface area (Å²) in [6.45, 7) is 0.641. The number of hydrogen-bond donors (Lipinski definition) is 1. The Balaban J connectivity index is 1.51. The van der Waals surface area contributed by atoms with Gasteiger partial charge in [-0.15, -0.1) is 11.3 Å². The minimum atomic E-state index is -0.334. The molecule has 3 heterocycles. The van der Waals surface area contributed by atoms with E-state index in [1.165, 1.54) is 24.5 Å². The van der Waals surface area contributed by atoms with Crippen molar-refractivity contribution in [3.8, 4) is 0 Å². The zero-order valence-electron chi connectivity index (χ0n) is 14.7. The van der Waals surface area contributed by atoms with Crippen LogP contribution in [-0.2, 0) is 17.8 Å². The Morgan fingerprint density at radius 3 is 3.00 bits per heavy atom. The Labute approximate surface area is 159 Å². The molecule has 1 aromatic carbocycles. The molecule has 138 valence electrons. The van der Waals surface area contributed by atoms with Crippen LogP contribution in [0.25, 0.3) is 15.7 Å². The van der Waals surface area contributed by atoms with Crippen LogP contribution in [0.5, 0.6) is 0 Å². The van der Waals surface area contributed by atoms with Crippen LogP contribution in [0.1, 0.15) is 20.9 Å². The van der Waals surface area contributed by atoms with Crippen LogP contribution in [0, 0.1) is 5.82 Å². The summed E-state index contributed by atoms with van der Waals surface area (Å²) in [7, 11) is 1.54. The number of aromatic nitrogens is 2. The number of methoxy groups -OCH3 is 1. The number of rotatable bonds is 6. The number of amides is 1. The lowest BCUT2D eigenvalue weighted by Gasteiger charge is -2.05. The summed E-state index contributed by atoms with van der Waals surface area (Å²) in [5.74, 6) is -0.550. The second kappa shape index (κ2) is 7.46. The summed E-state index contributed by atoms with van der Waals surface area (Å²) in [5.41, 5.74) is 2.38. The number of halogens is 1. The Morgan fingerprint density at radius 1 is 1.30 bits per heavy atom. The monoisotopic (exact) mass is 383 g/mol. The zero-order valence-corrected chi connectivity index (χ0v) is 15.6. The SMILES string of the molecule is COCc1c(C(=O)NCCc2cn3ccccc3n2)sc2cccc(F)c12. The standard InChI is InChI=1S/C20H18FN3O2S/c1-26-12-14-18-15(21)5-4-6-16(18)27-19(14)20(25)22-9-8-13-11-24-10-3-2-7-17(24)23-13/h2-7,10-11H,8-9,12H2,1H3,(H,22,25). The largest absolute Gasteiger partial charge is 0.380 e. The van der Waals surface area contributed by atoms with Crippen molar-refractivity contribution in [1.82, 2.24) is 14.7 Å². The van der Waals surface area contributed by atoms with Crippen molar-refractivity contribution >= 4 is 33.0 Å². The average molecular weight is 383 g/mol. The molecular formula is C20H18FN3O2S. The summed E-state index contributed by atoms with van der Waals surface area (Å²) >= 11 is 1.28. The summed E-state index contributed by atoms with van der Waals surface area (Å²) in [6, 6.07) is 10.7. The molecule has 3 aromatic heterocycles. The first-order valence-corrected chi connectivity index (χ1v) is 9.38. The number of thiophene rings is 1. The number of pyridine rings is 1. The Kier molecular flexibility index (Phi) is 4.87. The van der Waals surface area contributed by atoms with Gasteiger partial charge in [-0.25, -0.2) is 9.37 Å². The van der Waals surface area contributed by atoms with Gasteiger partial charge < -0.3 is 14.5 Å². The number of ether oxygens (including phenoxy) is 1. The molecule has 0 unspecified atom stereocenters. The lowest BCUT2D eigenvalue weighted by molar-refractivity contribution is 0.0954. The highest BCUT2D eigenvalue weighted by Crippen LogP contribution is 2.33. The van der Waals surface area contributed by atoms with E-state index < -0.39 is 0 Å². The molecule has 0 atom stereocenters. The van der Waals surface area contributed by atoms with E-state index in [1.807, 2.05) is 41.1 Å². The molecule has 7 heteroatoms. The third-order valence-corrected chi connectivity index (χ3v) is 5.53. The van der Waals surface area contributed by atoms with Crippen LogP contribution in [-0.4, -0.2) is 28.9 Å². The van der Waals surface area contributed by atoms with E-state index >= 15 is 0 Å². The third kappa shape index (κ3) is 3.43. The molecule has 0 bridgehead atoms. The van der Waals surface area contributed by atoms with E-state index in [-0.39, 0.29) is 18.3 Å². The molecule has 4 aromatic rings. The van der Waals surface area contributed by atoms with Gasteiger partial charge in [0.2, 0.25) is 0 Å². The number of nitrogens with one attached hydrogen (secondary N) is 1. The maximum atomic E-state index is 14.2. The normalized spacial score (nSPS) is 11.3. The number of carbonyl (C=O) groups is 1. The molecule has 0 saturated carbocycles. The zero-order chi connectivity index (χ0) is 18.8. The lowest BCUT2D eigenvalue weighted by atomic mass is 10.1. The third-order valence-electron chi connectivity index (χ3n) is 4.34. The highest BCUT2D eigenvalue weighted by atomic mass is 32.1. The molecule has 0 saturated heterocycles. The van der Waals surface area contributed by atoms with Crippen molar-refractivity contribution in [2.75, 3.05) is 13.7 Å². The fourth-order valence-corrected chi connectivity index (χ4v) is 4.26. The number of carbonyl (C=O) groups excluding carboxylic acids is 1. The average Bonchev–Trinajstić information content (AvgIpc) is 3.24. The van der Waals surface area contributed by atoms with Crippen LogP contribution >= 0.6 is 11.3 Å². The van der Waals surface area contributed by atoms with Crippen LogP contribution in [0.15, 0.2) is 48.8 Å². The highest BCUT2D eigenvalue weighted by molar-refractivity contribution is 7.21. The molecular weight excluding hydrogens is 365 g/mol. The smallest absolute Gasteiger partial charge is 0.261 e. The maximum Gasteiger partial charge on any atom is 0.261 e. The summed E-state index contributed by atoms with van der Waals surface area (Å²) < 4.78 is 22.1. The first-order valence-electron chi connectivity index (χ1n) is 8.57. The van der Waals surface area contributed by atoms with Crippen LogP contribution in [0.2, 0.25) is 0 Å². The number of fused-ring (bicyclic) bond motifs is 2. The second-order valence-electron chi connectivity index (χ2n) is 6.16. The number of benzene rings is 1. The molecule has 0 aliphatic heterocycles. The van der Waals surface area contributed by atoms with Crippen molar-refractivity contribution in [2.24, 2.45) is 0 Å². The van der Waals surface area contributed by atoms with Gasteiger partial charge in [0.05, 0.1) is 17.2 Å². The molecule has 1 amide bonds. The van der Waals surface area contributed by atoms with Gasteiger partial charge in [-0.2, -0.15) is 0 Å². The Bertz CT molecular complexity index is 1090. The minimum absolute atomic E-state index is 0.191. The van der Waals surface area contributed by atoms with Gasteiger partial charge in [0.15, 0.2) is 0 Å². The summed E-state index contributed by atoms with van der Waals surface area (Å²) in [4.78, 5) is 17.7. The fourth-order valence-electron chi connectivity index (χ4n) is 3.12. The van der Waals surface area contributed by atoms with Gasteiger partial charge in [-0.05, 0) is 24.3 Å². The topological polar surface area (TPSA) is 55.6 Å². The Hall–Kier alpha value is -2.77. The first kappa shape index (κ1) is 17.6. The van der Waals surface area contributed by atoms with E-state index in [0.717, 1.165) is 16.0 Å². The van der Waals surface area contributed by atoms with Crippen LogP contribution in [0.3, 0.4) is 0 Å². The molecule has 0 spiro atoms. The second-order valence-corrected chi connectivity index (χ2v) is 7.21. The predicted molar refractivity (Wildman–Crippen MR) is 104 cm³/mol. The molecule has 4 rings (SSSR count). The summed E-state index contributed by atoms with van der Waals surface area (Å²) in [6.07, 6.45) is 4.51. The van der Waals surface area contributed by atoms with Crippen LogP contribution < -0.4 is 5.32 Å². The van der Waals surface area contributed by atoms with Crippen LogP contribution in [0.4, 0.5) is 4.39 Å². The van der Waals surface area contributed by atoms with Gasteiger partial charge in [-0.3, -0.25) is 4.79 Å². The van der Waals surface area contributed by atoms with E-state index in [1.54, 1.807) is 6.07 Å². The molecule has 0 aliphatic carbocycles. The number of nitrogens with zero attached hydrogens (tertiary/aromatic N) is 2. The van der Waals surface area contributed by atoms with E-state index in [9.17, 15) is 9.18 Å². The van der Waals surface area contributed by atoms with E-state index in [0.29, 0.717) is 28.8 Å². The van der Waals surface area contributed by atoms with Crippen molar-refractivity contribution in [2.45, 2.75) is 13.0 Å². The quantitative estimate of drug-likeness (QED) is 0.551.